The summed E-state index contributed by atoms with van der Waals surface area (Å²) in [6, 6.07) is 14.5. The summed E-state index contributed by atoms with van der Waals surface area (Å²) < 4.78 is 11.0. The highest BCUT2D eigenvalue weighted by Crippen LogP contribution is 2.40. The third-order valence-electron chi connectivity index (χ3n) is 6.42. The second-order valence-electron chi connectivity index (χ2n) is 8.96. The van der Waals surface area contributed by atoms with E-state index in [2.05, 4.69) is 5.32 Å². The quantitative estimate of drug-likeness (QED) is 0.402. The van der Waals surface area contributed by atoms with Crippen LogP contribution in [0.1, 0.15) is 39.2 Å². The highest BCUT2D eigenvalue weighted by molar-refractivity contribution is 7.16. The normalized spacial score (nSPS) is 15.4. The van der Waals surface area contributed by atoms with Gasteiger partial charge in [0.15, 0.2) is 6.61 Å². The molecule has 1 aliphatic carbocycles. The fraction of sp³-hybridized carbons (Fsp3) is 0.321. The monoisotopic (exact) mass is 537 g/mol. The van der Waals surface area contributed by atoms with Crippen LogP contribution in [0.2, 0.25) is 5.02 Å². The molecule has 1 saturated heterocycles. The molecule has 2 heterocycles. The molecule has 0 atom stereocenters. The maximum Gasteiger partial charge on any atom is 0.260 e. The van der Waals surface area contributed by atoms with E-state index in [0.29, 0.717) is 48.3 Å². The van der Waals surface area contributed by atoms with Crippen molar-refractivity contribution in [1.82, 2.24) is 4.90 Å². The summed E-state index contributed by atoms with van der Waals surface area (Å²) >= 11 is 7.58. The van der Waals surface area contributed by atoms with Gasteiger partial charge in [-0.1, -0.05) is 11.6 Å². The first-order valence-electron chi connectivity index (χ1n) is 12.4. The number of nitrogens with one attached hydrogen (secondary N) is 1. The number of fused-ring (bicyclic) bond motifs is 1. The number of aliphatic imine (C=N–C) groups is 1. The lowest BCUT2D eigenvalue weighted by molar-refractivity contribution is -0.137. The first-order chi connectivity index (χ1) is 18.1. The maximum atomic E-state index is 13.3. The number of halogens is 1. The minimum absolute atomic E-state index is 0.000274. The van der Waals surface area contributed by atoms with Crippen molar-refractivity contribution in [3.63, 3.8) is 0 Å². The number of hydrogen-bond donors (Lipinski definition) is 1. The summed E-state index contributed by atoms with van der Waals surface area (Å²) in [5.41, 5.74) is 3.35. The highest BCUT2D eigenvalue weighted by Gasteiger charge is 2.25. The predicted octanol–water partition coefficient (Wildman–Crippen LogP) is 5.52. The molecule has 1 aliphatic heterocycles. The van der Waals surface area contributed by atoms with Crippen LogP contribution in [-0.4, -0.2) is 55.8 Å². The average molecular weight is 538 g/mol. The number of rotatable bonds is 7. The van der Waals surface area contributed by atoms with Crippen LogP contribution in [0, 0.1) is 0 Å². The smallest absolute Gasteiger partial charge is 0.260 e. The Labute approximate surface area is 225 Å². The number of anilines is 1. The number of hydrogen-bond acceptors (Lipinski definition) is 6. The highest BCUT2D eigenvalue weighted by atomic mass is 35.5. The molecule has 1 fully saturated rings. The lowest BCUT2D eigenvalue weighted by atomic mass is 9.95. The molecule has 7 nitrogen and oxygen atoms in total. The molecule has 5 rings (SSSR count). The van der Waals surface area contributed by atoms with E-state index in [9.17, 15) is 9.59 Å². The molecule has 0 spiro atoms. The summed E-state index contributed by atoms with van der Waals surface area (Å²) in [5.74, 6) is 0.427. The Bertz CT molecular complexity index is 1280. The molecule has 1 aromatic heterocycles. The van der Waals surface area contributed by atoms with Gasteiger partial charge in [-0.2, -0.15) is 0 Å². The van der Waals surface area contributed by atoms with Crippen LogP contribution in [0.4, 0.5) is 10.7 Å². The number of aryl methyl sites for hydroxylation is 1. The summed E-state index contributed by atoms with van der Waals surface area (Å²) in [5, 5.41) is 4.33. The number of nitrogens with zero attached hydrogens (tertiary/aromatic N) is 2. The number of carbonyl (C=O) groups is 2. The van der Waals surface area contributed by atoms with E-state index in [4.69, 9.17) is 26.1 Å². The number of morpholine rings is 1. The number of ether oxygens (including phenoxy) is 2. The van der Waals surface area contributed by atoms with E-state index in [1.54, 1.807) is 46.7 Å². The van der Waals surface area contributed by atoms with Gasteiger partial charge in [-0.05, 0) is 85.3 Å². The molecule has 0 unspecified atom stereocenters. The zero-order valence-corrected chi connectivity index (χ0v) is 21.9. The van der Waals surface area contributed by atoms with Gasteiger partial charge in [0.2, 0.25) is 0 Å². The number of benzene rings is 2. The van der Waals surface area contributed by atoms with Crippen molar-refractivity contribution in [2.45, 2.75) is 25.7 Å². The molecule has 2 aromatic carbocycles. The topological polar surface area (TPSA) is 80.2 Å². The third kappa shape index (κ3) is 6.39. The van der Waals surface area contributed by atoms with E-state index in [0.717, 1.165) is 41.8 Å². The van der Waals surface area contributed by atoms with Gasteiger partial charge in [-0.3, -0.25) is 9.59 Å². The lowest BCUT2D eigenvalue weighted by Gasteiger charge is -2.26. The van der Waals surface area contributed by atoms with Crippen molar-refractivity contribution in [3.05, 3.63) is 75.1 Å². The van der Waals surface area contributed by atoms with Gasteiger partial charge >= 0.3 is 0 Å². The minimum atomic E-state index is -0.150. The molecule has 1 N–H and O–H groups in total. The average Bonchev–Trinajstić information content (AvgIpc) is 3.31. The van der Waals surface area contributed by atoms with Gasteiger partial charge in [0.05, 0.1) is 18.8 Å². The van der Waals surface area contributed by atoms with Crippen LogP contribution in [0.25, 0.3) is 0 Å². The van der Waals surface area contributed by atoms with E-state index >= 15 is 0 Å². The second kappa shape index (κ2) is 11.9. The van der Waals surface area contributed by atoms with Crippen LogP contribution in [0.5, 0.6) is 5.75 Å². The Morgan fingerprint density at radius 1 is 1.05 bits per heavy atom. The van der Waals surface area contributed by atoms with Crippen molar-refractivity contribution in [2.75, 3.05) is 38.2 Å². The molecular formula is C28H28ClN3O4S. The van der Waals surface area contributed by atoms with E-state index in [1.807, 2.05) is 24.3 Å². The second-order valence-corrected chi connectivity index (χ2v) is 10.5. The van der Waals surface area contributed by atoms with E-state index in [1.165, 1.54) is 4.88 Å². The van der Waals surface area contributed by atoms with Crippen molar-refractivity contribution in [1.29, 1.82) is 0 Å². The maximum absolute atomic E-state index is 13.3. The third-order valence-corrected chi connectivity index (χ3v) is 7.87. The summed E-state index contributed by atoms with van der Waals surface area (Å²) in [6.45, 7) is 2.34. The number of amides is 2. The fourth-order valence-electron chi connectivity index (χ4n) is 4.44. The van der Waals surface area contributed by atoms with E-state index in [-0.39, 0.29) is 18.4 Å². The molecule has 9 heteroatoms. The Hall–Kier alpha value is -3.20. The zero-order valence-electron chi connectivity index (χ0n) is 20.4. The molecule has 0 radical (unpaired) electrons. The standard InChI is InChI=1S/C28H28ClN3O4S/c29-20-7-9-21(10-8-20)31-27(34)26-23-3-1-2-4-24(23)37-28(26)30-17-19-5-11-22(12-6-19)36-18-25(33)32-13-15-35-16-14-32/h5-12,17H,1-4,13-16,18H2,(H,31,34). The van der Waals surface area contributed by atoms with Gasteiger partial charge in [0.25, 0.3) is 11.8 Å². The SMILES string of the molecule is O=C(Nc1ccc(Cl)cc1)c1c(N=Cc2ccc(OCC(=O)N3CCOCC3)cc2)sc2c1CCCC2. The minimum Gasteiger partial charge on any atom is -0.484 e. The van der Waals surface area contributed by atoms with Crippen LogP contribution < -0.4 is 10.1 Å². The Kier molecular flexibility index (Phi) is 8.18. The Morgan fingerprint density at radius 2 is 1.78 bits per heavy atom. The summed E-state index contributed by atoms with van der Waals surface area (Å²) in [6.07, 6.45) is 5.83. The predicted molar refractivity (Wildman–Crippen MR) is 147 cm³/mol. The van der Waals surface area contributed by atoms with Crippen molar-refractivity contribution in [3.8, 4) is 5.75 Å². The van der Waals surface area contributed by atoms with Gasteiger partial charge in [-0.25, -0.2) is 4.99 Å². The first-order valence-corrected chi connectivity index (χ1v) is 13.6. The van der Waals surface area contributed by atoms with Crippen molar-refractivity contribution in [2.24, 2.45) is 4.99 Å². The fourth-order valence-corrected chi connectivity index (χ4v) is 5.79. The van der Waals surface area contributed by atoms with Gasteiger partial charge in [0.1, 0.15) is 10.8 Å². The Morgan fingerprint density at radius 3 is 2.54 bits per heavy atom. The van der Waals surface area contributed by atoms with E-state index < -0.39 is 0 Å². The molecule has 37 heavy (non-hydrogen) atoms. The molecule has 2 aliphatic rings. The lowest BCUT2D eigenvalue weighted by Crippen LogP contribution is -2.42. The van der Waals surface area contributed by atoms with Gasteiger partial charge in [0, 0.05) is 34.9 Å². The molecule has 2 amide bonds. The molecule has 192 valence electrons. The van der Waals surface area contributed by atoms with Crippen LogP contribution in [0.15, 0.2) is 53.5 Å². The van der Waals surface area contributed by atoms with Crippen LogP contribution in [-0.2, 0) is 22.4 Å². The van der Waals surface area contributed by atoms with Gasteiger partial charge < -0.3 is 19.7 Å². The summed E-state index contributed by atoms with van der Waals surface area (Å²) in [7, 11) is 0. The molecule has 0 bridgehead atoms. The molecular weight excluding hydrogens is 510 g/mol. The first kappa shape index (κ1) is 25.4. The zero-order chi connectivity index (χ0) is 25.6. The molecule has 0 saturated carbocycles. The number of thiophene rings is 1. The van der Waals surface area contributed by atoms with Crippen molar-refractivity contribution < 1.29 is 19.1 Å². The largest absolute Gasteiger partial charge is 0.484 e. The van der Waals surface area contributed by atoms with Crippen molar-refractivity contribution >= 4 is 51.7 Å². The van der Waals surface area contributed by atoms with Crippen LogP contribution in [0.3, 0.4) is 0 Å². The molecule has 3 aromatic rings. The number of carbonyl (C=O) groups excluding carboxylic acids is 2. The Balaban J connectivity index is 1.27. The van der Waals surface area contributed by atoms with Gasteiger partial charge in [-0.15, -0.1) is 11.3 Å². The van der Waals surface area contributed by atoms with Crippen LogP contribution >= 0.6 is 22.9 Å². The summed E-state index contributed by atoms with van der Waals surface area (Å²) in [4.78, 5) is 33.3.